The van der Waals surface area contributed by atoms with Gasteiger partial charge in [0.25, 0.3) is 0 Å². The zero-order valence-corrected chi connectivity index (χ0v) is 17.0. The Labute approximate surface area is 175 Å². The molecule has 5 nitrogen and oxygen atoms in total. The molecule has 0 radical (unpaired) electrons. The molecule has 0 aliphatic carbocycles. The van der Waals surface area contributed by atoms with Gasteiger partial charge in [0, 0.05) is 28.3 Å². The summed E-state index contributed by atoms with van der Waals surface area (Å²) in [6, 6.07) is 22.3. The molecule has 1 atom stereocenters. The zero-order valence-electron chi connectivity index (χ0n) is 17.0. The molecule has 0 aliphatic heterocycles. The predicted molar refractivity (Wildman–Crippen MR) is 119 cm³/mol. The minimum Gasteiger partial charge on any atom is -0.338 e. The summed E-state index contributed by atoms with van der Waals surface area (Å²) in [5.74, 6) is 0.696. The first-order valence-corrected chi connectivity index (χ1v) is 10.1. The van der Waals surface area contributed by atoms with Gasteiger partial charge in [-0.2, -0.15) is 0 Å². The second-order valence-electron chi connectivity index (χ2n) is 7.39. The van der Waals surface area contributed by atoms with E-state index in [0.29, 0.717) is 17.0 Å². The summed E-state index contributed by atoms with van der Waals surface area (Å²) in [4.78, 5) is 32.7. The fourth-order valence-corrected chi connectivity index (χ4v) is 3.21. The predicted octanol–water partition coefficient (Wildman–Crippen LogP) is 5.45. The molecule has 0 aliphatic rings. The average Bonchev–Trinajstić information content (AvgIpc) is 3.22. The number of rotatable bonds is 6. The van der Waals surface area contributed by atoms with Crippen LogP contribution in [0.15, 0.2) is 72.8 Å². The third kappa shape index (κ3) is 4.01. The molecule has 0 spiro atoms. The highest BCUT2D eigenvalue weighted by molar-refractivity contribution is 6.10. The van der Waals surface area contributed by atoms with Crippen molar-refractivity contribution in [3.63, 3.8) is 0 Å². The topological polar surface area (TPSA) is 74.8 Å². The molecule has 1 aromatic heterocycles. The summed E-state index contributed by atoms with van der Waals surface area (Å²) < 4.78 is 0. The maximum atomic E-state index is 12.7. The number of amides is 1. The van der Waals surface area contributed by atoms with Gasteiger partial charge < -0.3 is 10.3 Å². The quantitative estimate of drug-likeness (QED) is 0.425. The number of H-pyrrole nitrogens is 1. The van der Waals surface area contributed by atoms with Gasteiger partial charge in [0.1, 0.15) is 5.82 Å². The Morgan fingerprint density at radius 2 is 1.70 bits per heavy atom. The van der Waals surface area contributed by atoms with Crippen molar-refractivity contribution in [2.45, 2.75) is 20.3 Å². The van der Waals surface area contributed by atoms with Crippen LogP contribution in [0.3, 0.4) is 0 Å². The molecule has 4 rings (SSSR count). The number of nitrogens with zero attached hydrogens (tertiary/aromatic N) is 1. The minimum absolute atomic E-state index is 0.0181. The lowest BCUT2D eigenvalue weighted by molar-refractivity contribution is -0.119. The van der Waals surface area contributed by atoms with Gasteiger partial charge in [0.15, 0.2) is 5.78 Å². The van der Waals surface area contributed by atoms with Crippen LogP contribution >= 0.6 is 0 Å². The Morgan fingerprint density at radius 1 is 0.967 bits per heavy atom. The van der Waals surface area contributed by atoms with Gasteiger partial charge in [-0.3, -0.25) is 9.59 Å². The molecule has 0 fully saturated rings. The first kappa shape index (κ1) is 19.6. The number of hydrogen-bond acceptors (Lipinski definition) is 3. The normalized spacial score (nSPS) is 11.9. The van der Waals surface area contributed by atoms with Crippen molar-refractivity contribution in [1.82, 2.24) is 9.97 Å². The summed E-state index contributed by atoms with van der Waals surface area (Å²) in [6.45, 7) is 3.91. The van der Waals surface area contributed by atoms with E-state index >= 15 is 0 Å². The van der Waals surface area contributed by atoms with E-state index in [1.165, 1.54) is 0 Å². The first-order valence-electron chi connectivity index (χ1n) is 10.1. The number of imidazole rings is 1. The fourth-order valence-electron chi connectivity index (χ4n) is 3.21. The Kier molecular flexibility index (Phi) is 5.44. The summed E-state index contributed by atoms with van der Waals surface area (Å²) in [7, 11) is 0. The SMILES string of the molecule is CCC(C)C(=O)Nc1ccc(-c2nc3ccc(C(=O)c4ccccc4)cc3[nH]2)cc1. The number of ketones is 1. The fraction of sp³-hybridized carbons (Fsp3) is 0.160. The number of hydrogen-bond donors (Lipinski definition) is 2. The van der Waals surface area contributed by atoms with Gasteiger partial charge in [0.05, 0.1) is 11.0 Å². The van der Waals surface area contributed by atoms with Crippen molar-refractivity contribution in [1.29, 1.82) is 0 Å². The van der Waals surface area contributed by atoms with E-state index in [9.17, 15) is 9.59 Å². The third-order valence-electron chi connectivity index (χ3n) is 5.27. The van der Waals surface area contributed by atoms with Gasteiger partial charge in [-0.1, -0.05) is 44.2 Å². The van der Waals surface area contributed by atoms with E-state index in [0.717, 1.165) is 28.7 Å². The van der Waals surface area contributed by atoms with E-state index in [2.05, 4.69) is 15.3 Å². The number of aromatic amines is 1. The van der Waals surface area contributed by atoms with E-state index in [1.807, 2.05) is 80.6 Å². The van der Waals surface area contributed by atoms with Crippen molar-refractivity contribution < 1.29 is 9.59 Å². The van der Waals surface area contributed by atoms with Crippen LogP contribution in [-0.2, 0) is 4.79 Å². The van der Waals surface area contributed by atoms with Crippen LogP contribution in [0.2, 0.25) is 0 Å². The van der Waals surface area contributed by atoms with E-state index in [1.54, 1.807) is 6.07 Å². The van der Waals surface area contributed by atoms with Crippen LogP contribution in [0.1, 0.15) is 36.2 Å². The van der Waals surface area contributed by atoms with Crippen LogP contribution in [0.4, 0.5) is 5.69 Å². The number of aromatic nitrogens is 2. The molecular weight excluding hydrogens is 374 g/mol. The Balaban J connectivity index is 1.56. The highest BCUT2D eigenvalue weighted by atomic mass is 16.1. The molecular formula is C25H23N3O2. The molecule has 5 heteroatoms. The van der Waals surface area contributed by atoms with Gasteiger partial charge in [0.2, 0.25) is 5.91 Å². The van der Waals surface area contributed by atoms with Gasteiger partial charge in [-0.25, -0.2) is 4.98 Å². The lowest BCUT2D eigenvalue weighted by Gasteiger charge is -2.10. The Morgan fingerprint density at radius 3 is 2.40 bits per heavy atom. The van der Waals surface area contributed by atoms with Crippen LogP contribution in [0.5, 0.6) is 0 Å². The van der Waals surface area contributed by atoms with Crippen molar-refractivity contribution in [3.05, 3.63) is 83.9 Å². The molecule has 4 aromatic rings. The second kappa shape index (κ2) is 8.33. The molecule has 150 valence electrons. The highest BCUT2D eigenvalue weighted by Crippen LogP contribution is 2.24. The van der Waals surface area contributed by atoms with Crippen LogP contribution in [0, 0.1) is 5.92 Å². The van der Waals surface area contributed by atoms with Crippen LogP contribution in [-0.4, -0.2) is 21.7 Å². The molecule has 1 heterocycles. The smallest absolute Gasteiger partial charge is 0.227 e. The lowest BCUT2D eigenvalue weighted by Crippen LogP contribution is -2.19. The number of benzene rings is 3. The van der Waals surface area contributed by atoms with Gasteiger partial charge in [-0.05, 0) is 48.9 Å². The number of fused-ring (bicyclic) bond motifs is 1. The molecule has 1 unspecified atom stereocenters. The summed E-state index contributed by atoms with van der Waals surface area (Å²) in [5, 5.41) is 2.93. The van der Waals surface area contributed by atoms with Crippen molar-refractivity contribution in [2.75, 3.05) is 5.32 Å². The monoisotopic (exact) mass is 397 g/mol. The molecule has 2 N–H and O–H groups in total. The van der Waals surface area contributed by atoms with E-state index in [-0.39, 0.29) is 17.6 Å². The summed E-state index contributed by atoms with van der Waals surface area (Å²) >= 11 is 0. The van der Waals surface area contributed by atoms with Crippen molar-refractivity contribution in [3.8, 4) is 11.4 Å². The lowest BCUT2D eigenvalue weighted by atomic mass is 10.0. The number of carbonyl (C=O) groups is 2. The molecule has 0 saturated heterocycles. The molecule has 1 amide bonds. The third-order valence-corrected chi connectivity index (χ3v) is 5.27. The zero-order chi connectivity index (χ0) is 21.1. The Hall–Kier alpha value is -3.73. The number of anilines is 1. The first-order chi connectivity index (χ1) is 14.5. The van der Waals surface area contributed by atoms with E-state index in [4.69, 9.17) is 0 Å². The van der Waals surface area contributed by atoms with Crippen LogP contribution in [0.25, 0.3) is 22.4 Å². The number of carbonyl (C=O) groups excluding carboxylic acids is 2. The van der Waals surface area contributed by atoms with Gasteiger partial charge >= 0.3 is 0 Å². The maximum Gasteiger partial charge on any atom is 0.227 e. The maximum absolute atomic E-state index is 12.7. The largest absolute Gasteiger partial charge is 0.338 e. The van der Waals surface area contributed by atoms with E-state index < -0.39 is 0 Å². The number of nitrogens with one attached hydrogen (secondary N) is 2. The van der Waals surface area contributed by atoms with Crippen molar-refractivity contribution >= 4 is 28.4 Å². The van der Waals surface area contributed by atoms with Gasteiger partial charge in [-0.15, -0.1) is 0 Å². The molecule has 30 heavy (non-hydrogen) atoms. The summed E-state index contributed by atoms with van der Waals surface area (Å²) in [5.41, 5.74) is 4.54. The summed E-state index contributed by atoms with van der Waals surface area (Å²) in [6.07, 6.45) is 0.803. The standard InChI is InChI=1S/C25H23N3O2/c1-3-16(2)25(30)26-20-12-9-18(10-13-20)24-27-21-14-11-19(15-22(21)28-24)23(29)17-7-5-4-6-8-17/h4-16H,3H2,1-2H3,(H,26,30)(H,27,28). The highest BCUT2D eigenvalue weighted by Gasteiger charge is 2.13. The molecule has 0 bridgehead atoms. The van der Waals surface area contributed by atoms with Crippen LogP contribution < -0.4 is 5.32 Å². The molecule has 0 saturated carbocycles. The van der Waals surface area contributed by atoms with Crippen molar-refractivity contribution in [2.24, 2.45) is 5.92 Å². The Bertz CT molecular complexity index is 1190. The molecule has 3 aromatic carbocycles. The minimum atomic E-state index is -0.0205. The second-order valence-corrected chi connectivity index (χ2v) is 7.39. The average molecular weight is 397 g/mol.